The molecule has 7 heteroatoms. The van der Waals surface area contributed by atoms with Gasteiger partial charge in [-0.25, -0.2) is 0 Å². The third-order valence-electron chi connectivity index (χ3n) is 3.10. The van der Waals surface area contributed by atoms with E-state index in [0.717, 1.165) is 11.6 Å². The van der Waals surface area contributed by atoms with Crippen LogP contribution in [0.2, 0.25) is 0 Å². The maximum Gasteiger partial charge on any atom is 0.318 e. The minimum Gasteiger partial charge on any atom is -0.450 e. The SMILES string of the molecule is CC(C)c1cccc(Oc2ccc([N+](=O)[O-])cc2[N+](=O)[O-])c1. The van der Waals surface area contributed by atoms with Crippen molar-refractivity contribution in [3.05, 3.63) is 68.3 Å². The normalized spacial score (nSPS) is 10.5. The molecular weight excluding hydrogens is 288 g/mol. The Bertz CT molecular complexity index is 728. The van der Waals surface area contributed by atoms with Crippen molar-refractivity contribution in [3.63, 3.8) is 0 Å². The van der Waals surface area contributed by atoms with E-state index < -0.39 is 15.5 Å². The molecule has 0 unspecified atom stereocenters. The van der Waals surface area contributed by atoms with Crippen LogP contribution in [0.15, 0.2) is 42.5 Å². The van der Waals surface area contributed by atoms with Crippen molar-refractivity contribution in [2.24, 2.45) is 0 Å². The maximum atomic E-state index is 11.1. The summed E-state index contributed by atoms with van der Waals surface area (Å²) in [7, 11) is 0. The molecule has 22 heavy (non-hydrogen) atoms. The molecule has 2 aromatic rings. The summed E-state index contributed by atoms with van der Waals surface area (Å²) < 4.78 is 5.53. The summed E-state index contributed by atoms with van der Waals surface area (Å²) in [6, 6.07) is 10.5. The zero-order valence-electron chi connectivity index (χ0n) is 12.1. The van der Waals surface area contributed by atoms with Gasteiger partial charge in [-0.05, 0) is 29.7 Å². The van der Waals surface area contributed by atoms with Gasteiger partial charge >= 0.3 is 5.69 Å². The molecule has 2 aromatic carbocycles. The van der Waals surface area contributed by atoms with Crippen LogP contribution in [0.25, 0.3) is 0 Å². The molecule has 0 amide bonds. The van der Waals surface area contributed by atoms with Gasteiger partial charge in [0.15, 0.2) is 0 Å². The Balaban J connectivity index is 2.39. The van der Waals surface area contributed by atoms with E-state index in [4.69, 9.17) is 4.74 Å². The van der Waals surface area contributed by atoms with E-state index in [1.165, 1.54) is 12.1 Å². The lowest BCUT2D eigenvalue weighted by molar-refractivity contribution is -0.394. The van der Waals surface area contributed by atoms with Crippen molar-refractivity contribution < 1.29 is 14.6 Å². The highest BCUT2D eigenvalue weighted by molar-refractivity contribution is 5.55. The van der Waals surface area contributed by atoms with E-state index in [1.54, 1.807) is 18.2 Å². The van der Waals surface area contributed by atoms with Crippen LogP contribution in [0, 0.1) is 20.2 Å². The minimum atomic E-state index is -0.700. The molecule has 0 bridgehead atoms. The number of rotatable bonds is 5. The Hall–Kier alpha value is -2.96. The smallest absolute Gasteiger partial charge is 0.318 e. The quantitative estimate of drug-likeness (QED) is 0.601. The lowest BCUT2D eigenvalue weighted by atomic mass is 10.0. The third-order valence-corrected chi connectivity index (χ3v) is 3.10. The molecule has 0 aliphatic heterocycles. The van der Waals surface area contributed by atoms with Crippen molar-refractivity contribution in [1.29, 1.82) is 0 Å². The van der Waals surface area contributed by atoms with E-state index in [0.29, 0.717) is 5.75 Å². The fourth-order valence-corrected chi connectivity index (χ4v) is 1.91. The third kappa shape index (κ3) is 3.38. The number of benzene rings is 2. The van der Waals surface area contributed by atoms with Crippen molar-refractivity contribution in [2.45, 2.75) is 19.8 Å². The number of ether oxygens (including phenoxy) is 1. The van der Waals surface area contributed by atoms with Gasteiger partial charge in [-0.2, -0.15) is 0 Å². The monoisotopic (exact) mass is 302 g/mol. The molecule has 0 aromatic heterocycles. The summed E-state index contributed by atoms with van der Waals surface area (Å²) >= 11 is 0. The lowest BCUT2D eigenvalue weighted by Gasteiger charge is -2.09. The second-order valence-corrected chi connectivity index (χ2v) is 5.00. The van der Waals surface area contributed by atoms with Gasteiger partial charge in [0.05, 0.1) is 15.9 Å². The van der Waals surface area contributed by atoms with Crippen molar-refractivity contribution in [3.8, 4) is 11.5 Å². The Morgan fingerprint density at radius 3 is 2.32 bits per heavy atom. The first-order chi connectivity index (χ1) is 10.4. The van der Waals surface area contributed by atoms with Gasteiger partial charge in [0.2, 0.25) is 5.75 Å². The van der Waals surface area contributed by atoms with E-state index in [2.05, 4.69) is 0 Å². The molecule has 0 heterocycles. The average molecular weight is 302 g/mol. The van der Waals surface area contributed by atoms with Gasteiger partial charge in [-0.3, -0.25) is 20.2 Å². The average Bonchev–Trinajstić information content (AvgIpc) is 2.47. The van der Waals surface area contributed by atoms with Crippen LogP contribution in [-0.2, 0) is 0 Å². The molecule has 114 valence electrons. The second kappa shape index (κ2) is 6.21. The van der Waals surface area contributed by atoms with Gasteiger partial charge in [0, 0.05) is 6.07 Å². The maximum absolute atomic E-state index is 11.1. The number of hydrogen-bond donors (Lipinski definition) is 0. The summed E-state index contributed by atoms with van der Waals surface area (Å²) in [6.07, 6.45) is 0. The summed E-state index contributed by atoms with van der Waals surface area (Å²) in [5, 5.41) is 21.8. The van der Waals surface area contributed by atoms with Crippen LogP contribution in [0.1, 0.15) is 25.3 Å². The number of nitro groups is 2. The molecule has 0 N–H and O–H groups in total. The molecule has 2 rings (SSSR count). The standard InChI is InChI=1S/C15H14N2O5/c1-10(2)11-4-3-5-13(8-11)22-15-7-6-12(16(18)19)9-14(15)17(20)21/h3-10H,1-2H3. The number of nitrogens with zero attached hydrogens (tertiary/aromatic N) is 2. The highest BCUT2D eigenvalue weighted by Crippen LogP contribution is 2.35. The van der Waals surface area contributed by atoms with E-state index in [-0.39, 0.29) is 17.4 Å². The molecule has 0 spiro atoms. The second-order valence-electron chi connectivity index (χ2n) is 5.00. The Labute approximate surface area is 126 Å². The highest BCUT2D eigenvalue weighted by Gasteiger charge is 2.21. The Morgan fingerprint density at radius 1 is 1.00 bits per heavy atom. The lowest BCUT2D eigenvalue weighted by Crippen LogP contribution is -1.96. The van der Waals surface area contributed by atoms with Gasteiger partial charge in [0.1, 0.15) is 5.75 Å². The molecule has 0 fully saturated rings. The zero-order chi connectivity index (χ0) is 16.3. The molecule has 0 aliphatic carbocycles. The largest absolute Gasteiger partial charge is 0.450 e. The van der Waals surface area contributed by atoms with Crippen molar-refractivity contribution >= 4 is 11.4 Å². The molecule has 0 saturated heterocycles. The van der Waals surface area contributed by atoms with Gasteiger partial charge < -0.3 is 4.74 Å². The minimum absolute atomic E-state index is 0.0310. The topological polar surface area (TPSA) is 95.5 Å². The predicted octanol–water partition coefficient (Wildman–Crippen LogP) is 4.42. The molecule has 0 radical (unpaired) electrons. The van der Waals surface area contributed by atoms with E-state index in [9.17, 15) is 20.2 Å². The highest BCUT2D eigenvalue weighted by atomic mass is 16.6. The van der Waals surface area contributed by atoms with Gasteiger partial charge in [0.25, 0.3) is 5.69 Å². The molecule has 0 aliphatic rings. The Morgan fingerprint density at radius 2 is 1.73 bits per heavy atom. The summed E-state index contributed by atoms with van der Waals surface area (Å²) in [4.78, 5) is 20.4. The number of non-ortho nitro benzene ring substituents is 1. The van der Waals surface area contributed by atoms with Crippen molar-refractivity contribution in [2.75, 3.05) is 0 Å². The van der Waals surface area contributed by atoms with Crippen LogP contribution in [0.5, 0.6) is 11.5 Å². The predicted molar refractivity (Wildman–Crippen MR) is 80.4 cm³/mol. The Kier molecular flexibility index (Phi) is 4.36. The zero-order valence-corrected chi connectivity index (χ0v) is 12.1. The van der Waals surface area contributed by atoms with Gasteiger partial charge in [-0.15, -0.1) is 0 Å². The van der Waals surface area contributed by atoms with Crippen LogP contribution < -0.4 is 4.74 Å². The molecule has 0 saturated carbocycles. The first kappa shape index (κ1) is 15.4. The van der Waals surface area contributed by atoms with Crippen LogP contribution >= 0.6 is 0 Å². The van der Waals surface area contributed by atoms with E-state index >= 15 is 0 Å². The summed E-state index contributed by atoms with van der Waals surface area (Å²) in [6.45, 7) is 4.04. The van der Waals surface area contributed by atoms with E-state index in [1.807, 2.05) is 19.9 Å². The fraction of sp³-hybridized carbons (Fsp3) is 0.200. The van der Waals surface area contributed by atoms with Crippen LogP contribution in [0.4, 0.5) is 11.4 Å². The first-order valence-corrected chi connectivity index (χ1v) is 6.59. The number of nitro benzene ring substituents is 2. The fourth-order valence-electron chi connectivity index (χ4n) is 1.91. The van der Waals surface area contributed by atoms with Crippen LogP contribution in [-0.4, -0.2) is 9.85 Å². The molecule has 7 nitrogen and oxygen atoms in total. The number of hydrogen-bond acceptors (Lipinski definition) is 5. The van der Waals surface area contributed by atoms with Crippen molar-refractivity contribution in [1.82, 2.24) is 0 Å². The molecular formula is C15H14N2O5. The van der Waals surface area contributed by atoms with Crippen LogP contribution in [0.3, 0.4) is 0 Å². The molecule has 0 atom stereocenters. The van der Waals surface area contributed by atoms with Gasteiger partial charge in [-0.1, -0.05) is 26.0 Å². The first-order valence-electron chi connectivity index (χ1n) is 6.59. The summed E-state index contributed by atoms with van der Waals surface area (Å²) in [5.41, 5.74) is 0.237. The summed E-state index contributed by atoms with van der Waals surface area (Å²) in [5.74, 6) is 0.704.